The minimum Gasteiger partial charge on any atom is -0.461 e. The number of hydrogen-bond donors (Lipinski definition) is 0. The van der Waals surface area contributed by atoms with Gasteiger partial charge < -0.3 is 4.74 Å². The van der Waals surface area contributed by atoms with Crippen LogP contribution in [0.25, 0.3) is 10.8 Å². The highest BCUT2D eigenvalue weighted by atomic mass is 32.2. The third-order valence-corrected chi connectivity index (χ3v) is 9.08. The van der Waals surface area contributed by atoms with Crippen molar-refractivity contribution in [2.24, 2.45) is 5.92 Å². The molecule has 0 N–H and O–H groups in total. The average Bonchev–Trinajstić information content (AvgIpc) is 2.83. The van der Waals surface area contributed by atoms with Gasteiger partial charge in [-0.2, -0.15) is 0 Å². The Hall–Kier alpha value is -2.66. The minimum absolute atomic E-state index is 0.299. The molecule has 0 amide bonds. The van der Waals surface area contributed by atoms with E-state index in [0.717, 1.165) is 35.6 Å². The lowest BCUT2D eigenvalue weighted by atomic mass is 9.95. The van der Waals surface area contributed by atoms with Gasteiger partial charge in [0, 0.05) is 0 Å². The zero-order valence-electron chi connectivity index (χ0n) is 20.2. The van der Waals surface area contributed by atoms with Crippen LogP contribution in [0, 0.1) is 5.92 Å². The zero-order valence-corrected chi connectivity index (χ0v) is 21.1. The first-order chi connectivity index (χ1) is 16.3. The molecule has 1 aliphatic rings. The standard InChI is InChI=1S/C29H34O4S/c1-20(2)18-22-12-14-23(15-13-22)21(3)29(30)33-27-10-6-7-11-28(27)34(31,32)26-17-16-24-8-4-5-9-25(24)19-26/h4-5,8-9,12-17,19-21,27-28H,6-7,10-11,18H2,1-3H3/t21-,27+,28+/m1/s1. The molecule has 0 heterocycles. The summed E-state index contributed by atoms with van der Waals surface area (Å²) in [6, 6.07) is 21.1. The van der Waals surface area contributed by atoms with Crippen LogP contribution in [0.3, 0.4) is 0 Å². The second-order valence-corrected chi connectivity index (χ2v) is 12.1. The lowest BCUT2D eigenvalue weighted by Gasteiger charge is -2.31. The number of hydrogen-bond acceptors (Lipinski definition) is 4. The topological polar surface area (TPSA) is 60.4 Å². The highest BCUT2D eigenvalue weighted by Gasteiger charge is 2.39. The molecule has 0 unspecified atom stereocenters. The molecule has 0 aromatic heterocycles. The van der Waals surface area contributed by atoms with Gasteiger partial charge in [-0.15, -0.1) is 0 Å². The third-order valence-electron chi connectivity index (χ3n) is 6.83. The summed E-state index contributed by atoms with van der Waals surface area (Å²) in [7, 11) is -3.63. The molecule has 5 heteroatoms. The highest BCUT2D eigenvalue weighted by Crippen LogP contribution is 2.33. The highest BCUT2D eigenvalue weighted by molar-refractivity contribution is 7.92. The number of rotatable bonds is 7. The Morgan fingerprint density at radius 1 is 0.912 bits per heavy atom. The van der Waals surface area contributed by atoms with Crippen LogP contribution in [0.2, 0.25) is 0 Å². The van der Waals surface area contributed by atoms with Crippen molar-refractivity contribution in [3.05, 3.63) is 77.9 Å². The van der Waals surface area contributed by atoms with Gasteiger partial charge in [0.25, 0.3) is 0 Å². The Labute approximate surface area is 203 Å². The monoisotopic (exact) mass is 478 g/mol. The maximum atomic E-state index is 13.6. The molecule has 34 heavy (non-hydrogen) atoms. The van der Waals surface area contributed by atoms with Crippen LogP contribution in [0.5, 0.6) is 0 Å². The largest absolute Gasteiger partial charge is 0.461 e. The maximum Gasteiger partial charge on any atom is 0.313 e. The number of benzene rings is 3. The van der Waals surface area contributed by atoms with Gasteiger partial charge in [-0.05, 0) is 72.6 Å². The number of carbonyl (C=O) groups is 1. The number of ether oxygens (including phenoxy) is 1. The Morgan fingerprint density at radius 2 is 1.59 bits per heavy atom. The van der Waals surface area contributed by atoms with Gasteiger partial charge >= 0.3 is 5.97 Å². The summed E-state index contributed by atoms with van der Waals surface area (Å²) in [5.74, 6) is -0.234. The van der Waals surface area contributed by atoms with Crippen LogP contribution in [0.4, 0.5) is 0 Å². The molecule has 0 bridgehead atoms. The Bertz CT molecular complexity index is 1240. The smallest absolute Gasteiger partial charge is 0.313 e. The second-order valence-electron chi connectivity index (χ2n) is 9.91. The quantitative estimate of drug-likeness (QED) is 0.365. The van der Waals surface area contributed by atoms with Crippen LogP contribution < -0.4 is 0 Å². The van der Waals surface area contributed by atoms with E-state index in [1.165, 1.54) is 5.56 Å². The number of carbonyl (C=O) groups excluding carboxylic acids is 1. The summed E-state index contributed by atoms with van der Waals surface area (Å²) < 4.78 is 33.1. The molecule has 3 aromatic rings. The summed E-state index contributed by atoms with van der Waals surface area (Å²) in [4.78, 5) is 13.3. The first kappa shape index (κ1) is 24.5. The predicted octanol–water partition coefficient (Wildman–Crippen LogP) is 6.47. The van der Waals surface area contributed by atoms with Gasteiger partial charge in [-0.3, -0.25) is 4.79 Å². The van der Waals surface area contributed by atoms with Crippen LogP contribution in [-0.4, -0.2) is 25.7 Å². The Balaban J connectivity index is 1.51. The molecule has 0 aliphatic heterocycles. The summed E-state index contributed by atoms with van der Waals surface area (Å²) in [6.45, 7) is 6.19. The molecule has 3 aromatic carbocycles. The molecule has 1 saturated carbocycles. The molecular weight excluding hydrogens is 444 g/mol. The zero-order chi connectivity index (χ0) is 24.3. The van der Waals surface area contributed by atoms with Crippen molar-refractivity contribution < 1.29 is 17.9 Å². The van der Waals surface area contributed by atoms with Gasteiger partial charge in [0.15, 0.2) is 9.84 Å². The van der Waals surface area contributed by atoms with Crippen molar-refractivity contribution in [2.75, 3.05) is 0 Å². The molecule has 4 nitrogen and oxygen atoms in total. The fraction of sp³-hybridized carbons (Fsp3) is 0.414. The van der Waals surface area contributed by atoms with Crippen molar-refractivity contribution in [3.63, 3.8) is 0 Å². The number of esters is 1. The lowest BCUT2D eigenvalue weighted by molar-refractivity contribution is -0.151. The van der Waals surface area contributed by atoms with Gasteiger partial charge in [0.2, 0.25) is 0 Å². The second kappa shape index (κ2) is 10.3. The van der Waals surface area contributed by atoms with E-state index in [1.54, 1.807) is 12.1 Å². The molecule has 0 spiro atoms. The Morgan fingerprint density at radius 3 is 2.29 bits per heavy atom. The van der Waals surface area contributed by atoms with Crippen molar-refractivity contribution in [1.82, 2.24) is 0 Å². The summed E-state index contributed by atoms with van der Waals surface area (Å²) >= 11 is 0. The van der Waals surface area contributed by atoms with E-state index in [2.05, 4.69) is 26.0 Å². The maximum absolute atomic E-state index is 13.6. The molecule has 180 valence electrons. The van der Waals surface area contributed by atoms with E-state index in [1.807, 2.05) is 49.4 Å². The fourth-order valence-electron chi connectivity index (χ4n) is 4.87. The molecule has 0 radical (unpaired) electrons. The predicted molar refractivity (Wildman–Crippen MR) is 137 cm³/mol. The van der Waals surface area contributed by atoms with Gasteiger partial charge in [0.05, 0.1) is 10.8 Å². The summed E-state index contributed by atoms with van der Waals surface area (Å²) in [5, 5.41) is 1.18. The van der Waals surface area contributed by atoms with Gasteiger partial charge in [0.1, 0.15) is 11.4 Å². The first-order valence-corrected chi connectivity index (χ1v) is 13.8. The lowest BCUT2D eigenvalue weighted by Crippen LogP contribution is -2.40. The van der Waals surface area contributed by atoms with E-state index >= 15 is 0 Å². The van der Waals surface area contributed by atoms with E-state index in [-0.39, 0.29) is 5.97 Å². The number of fused-ring (bicyclic) bond motifs is 1. The molecule has 4 rings (SSSR count). The number of sulfone groups is 1. The minimum atomic E-state index is -3.63. The van der Waals surface area contributed by atoms with E-state index in [9.17, 15) is 13.2 Å². The van der Waals surface area contributed by atoms with Crippen LogP contribution in [0.1, 0.15) is 63.5 Å². The van der Waals surface area contributed by atoms with Crippen molar-refractivity contribution in [3.8, 4) is 0 Å². The third kappa shape index (κ3) is 5.35. The van der Waals surface area contributed by atoms with Crippen molar-refractivity contribution in [1.29, 1.82) is 0 Å². The van der Waals surface area contributed by atoms with E-state index in [4.69, 9.17) is 4.74 Å². The first-order valence-electron chi connectivity index (χ1n) is 12.3. The SMILES string of the molecule is CC(C)Cc1ccc([C@@H](C)C(=O)O[C@H]2CCCC[C@@H]2S(=O)(=O)c2ccc3ccccc3c2)cc1. The van der Waals surface area contributed by atoms with Crippen LogP contribution in [0.15, 0.2) is 71.6 Å². The summed E-state index contributed by atoms with van der Waals surface area (Å²) in [6.07, 6.45) is 3.13. The van der Waals surface area contributed by atoms with E-state index < -0.39 is 27.1 Å². The van der Waals surface area contributed by atoms with Crippen molar-refractivity contribution in [2.45, 2.75) is 75.0 Å². The van der Waals surface area contributed by atoms with Gasteiger partial charge in [-0.1, -0.05) is 74.9 Å². The molecule has 3 atom stereocenters. The summed E-state index contributed by atoms with van der Waals surface area (Å²) in [5.41, 5.74) is 2.13. The van der Waals surface area contributed by atoms with Crippen LogP contribution >= 0.6 is 0 Å². The Kier molecular flexibility index (Phi) is 7.42. The van der Waals surface area contributed by atoms with Crippen molar-refractivity contribution >= 4 is 26.6 Å². The van der Waals surface area contributed by atoms with E-state index in [0.29, 0.717) is 23.7 Å². The molecule has 1 aliphatic carbocycles. The molecule has 1 fully saturated rings. The molecular formula is C29H34O4S. The normalized spacial score (nSPS) is 19.8. The average molecular weight is 479 g/mol. The van der Waals surface area contributed by atoms with Gasteiger partial charge in [-0.25, -0.2) is 8.42 Å². The fourth-order valence-corrected chi connectivity index (χ4v) is 6.84. The molecule has 0 saturated heterocycles. The van der Waals surface area contributed by atoms with Crippen LogP contribution in [-0.2, 0) is 25.8 Å².